The Kier molecular flexibility index (Phi) is 7.11. The van der Waals surface area contributed by atoms with Gasteiger partial charge in [0, 0.05) is 38.7 Å². The molecule has 3 aromatic heterocycles. The molecule has 4 rings (SSSR count). The van der Waals surface area contributed by atoms with E-state index < -0.39 is 21.6 Å². The highest BCUT2D eigenvalue weighted by Crippen LogP contribution is 2.31. The van der Waals surface area contributed by atoms with Crippen molar-refractivity contribution in [3.63, 3.8) is 0 Å². The Labute approximate surface area is 223 Å². The first-order chi connectivity index (χ1) is 16.9. The predicted molar refractivity (Wildman–Crippen MR) is 146 cm³/mol. The number of carbonyl (C=O) groups excluding carboxylic acids is 1. The number of nitrogens with zero attached hydrogens (tertiary/aromatic N) is 3. The Hall–Kier alpha value is -2.99. The van der Waals surface area contributed by atoms with Gasteiger partial charge in [-0.1, -0.05) is 17.7 Å². The lowest BCUT2D eigenvalue weighted by atomic mass is 10.1. The van der Waals surface area contributed by atoms with Gasteiger partial charge in [0.05, 0.1) is 24.1 Å². The van der Waals surface area contributed by atoms with Crippen LogP contribution in [0.1, 0.15) is 32.0 Å². The molecule has 0 aliphatic carbocycles. The van der Waals surface area contributed by atoms with Gasteiger partial charge < -0.3 is 9.47 Å². The Bertz CT molecular complexity index is 1560. The smallest absolute Gasteiger partial charge is 0.312 e. The zero-order valence-electron chi connectivity index (χ0n) is 20.6. The molecule has 0 aliphatic heterocycles. The third-order valence-electron chi connectivity index (χ3n) is 5.36. The van der Waals surface area contributed by atoms with Crippen molar-refractivity contribution in [2.45, 2.75) is 44.6 Å². The second-order valence-electron chi connectivity index (χ2n) is 9.32. The summed E-state index contributed by atoms with van der Waals surface area (Å²) < 4.78 is 39.4. The van der Waals surface area contributed by atoms with Crippen LogP contribution in [0, 0.1) is 10.5 Å². The first-order valence-electron chi connectivity index (χ1n) is 11.1. The fraction of sp³-hybridized carbons (Fsp3) is 0.269. The number of fused-ring (bicyclic) bond motifs is 1. The van der Waals surface area contributed by atoms with Crippen molar-refractivity contribution in [2.24, 2.45) is 0 Å². The van der Waals surface area contributed by atoms with Crippen LogP contribution in [0.3, 0.4) is 0 Å². The van der Waals surface area contributed by atoms with Crippen LogP contribution in [0.2, 0.25) is 0 Å². The van der Waals surface area contributed by atoms with Crippen LogP contribution in [0.5, 0.6) is 5.75 Å². The van der Waals surface area contributed by atoms with E-state index in [4.69, 9.17) is 9.47 Å². The largest absolute Gasteiger partial charge is 0.495 e. The van der Waals surface area contributed by atoms with Gasteiger partial charge in [0.1, 0.15) is 11.4 Å². The average molecular weight is 619 g/mol. The number of carbonyl (C=O) groups is 1. The molecule has 0 N–H and O–H groups in total. The third kappa shape index (κ3) is 5.39. The monoisotopic (exact) mass is 619 g/mol. The molecule has 0 unspecified atom stereocenters. The molecule has 0 radical (unpaired) electrons. The molecule has 0 saturated heterocycles. The van der Waals surface area contributed by atoms with Crippen molar-refractivity contribution in [1.82, 2.24) is 13.9 Å². The highest BCUT2D eigenvalue weighted by Gasteiger charge is 2.23. The molecule has 10 heteroatoms. The highest BCUT2D eigenvalue weighted by molar-refractivity contribution is 14.1. The molecule has 188 valence electrons. The minimum absolute atomic E-state index is 0.0182. The van der Waals surface area contributed by atoms with E-state index in [1.165, 1.54) is 11.1 Å². The van der Waals surface area contributed by atoms with Crippen molar-refractivity contribution in [3.05, 3.63) is 69.8 Å². The summed E-state index contributed by atoms with van der Waals surface area (Å²) >= 11 is 2.11. The predicted octanol–water partition coefficient (Wildman–Crippen LogP) is 5.14. The molecular formula is C26H26IN3O5S. The Balaban J connectivity index is 1.70. The number of aromatic nitrogens is 3. The first-order valence-corrected chi connectivity index (χ1v) is 13.6. The van der Waals surface area contributed by atoms with Crippen LogP contribution in [-0.2, 0) is 26.0 Å². The molecule has 0 aliphatic rings. The lowest BCUT2D eigenvalue weighted by molar-refractivity contribution is -0.154. The number of hydrogen-bond acceptors (Lipinski definition) is 7. The van der Waals surface area contributed by atoms with Crippen LogP contribution in [-0.4, -0.2) is 41.0 Å². The van der Waals surface area contributed by atoms with Crippen LogP contribution in [0.25, 0.3) is 22.2 Å². The van der Waals surface area contributed by atoms with Gasteiger partial charge in [-0.3, -0.25) is 9.78 Å². The number of aryl methyl sites for hydroxylation is 1. The molecule has 1 aromatic carbocycles. The summed E-state index contributed by atoms with van der Waals surface area (Å²) in [6.45, 7) is 7.33. The number of hydrogen-bond donors (Lipinski definition) is 0. The molecule has 0 bridgehead atoms. The van der Waals surface area contributed by atoms with E-state index >= 15 is 0 Å². The molecule has 0 fully saturated rings. The molecule has 36 heavy (non-hydrogen) atoms. The average Bonchev–Trinajstić information content (AvgIpc) is 3.15. The van der Waals surface area contributed by atoms with Gasteiger partial charge in [0.2, 0.25) is 0 Å². The van der Waals surface area contributed by atoms with Gasteiger partial charge in [-0.15, -0.1) is 0 Å². The Morgan fingerprint density at radius 2 is 1.69 bits per heavy atom. The van der Waals surface area contributed by atoms with Crippen molar-refractivity contribution in [3.8, 4) is 16.9 Å². The van der Waals surface area contributed by atoms with E-state index in [2.05, 4.69) is 32.6 Å². The van der Waals surface area contributed by atoms with Crippen LogP contribution in [0.4, 0.5) is 0 Å². The fourth-order valence-electron chi connectivity index (χ4n) is 3.66. The normalized spacial score (nSPS) is 12.1. The van der Waals surface area contributed by atoms with E-state index in [9.17, 15) is 13.2 Å². The second-order valence-corrected chi connectivity index (χ2v) is 12.3. The SMILES string of the molecule is COc1cc(-c2cnc3c(c2)c(I)cn3S(=O)(=O)c2ccc(C)cc2)cnc1CC(=O)OC(C)(C)C. The summed E-state index contributed by atoms with van der Waals surface area (Å²) in [5, 5.41) is 0.695. The van der Waals surface area contributed by atoms with E-state index in [0.29, 0.717) is 22.5 Å². The van der Waals surface area contributed by atoms with Crippen molar-refractivity contribution in [1.29, 1.82) is 0 Å². The lowest BCUT2D eigenvalue weighted by Crippen LogP contribution is -2.25. The van der Waals surface area contributed by atoms with Gasteiger partial charge in [-0.25, -0.2) is 17.4 Å². The first kappa shape index (κ1) is 26.1. The number of ether oxygens (including phenoxy) is 2. The molecule has 4 aromatic rings. The van der Waals surface area contributed by atoms with Gasteiger partial charge in [-0.2, -0.15) is 0 Å². The second kappa shape index (κ2) is 9.81. The summed E-state index contributed by atoms with van der Waals surface area (Å²) in [6.07, 6.45) is 4.79. The van der Waals surface area contributed by atoms with Gasteiger partial charge in [0.25, 0.3) is 10.0 Å². The van der Waals surface area contributed by atoms with Crippen LogP contribution in [0.15, 0.2) is 59.9 Å². The van der Waals surface area contributed by atoms with Crippen molar-refractivity contribution >= 4 is 49.6 Å². The minimum atomic E-state index is -3.81. The topological polar surface area (TPSA) is 100 Å². The summed E-state index contributed by atoms with van der Waals surface area (Å²) in [4.78, 5) is 21.4. The zero-order chi connectivity index (χ0) is 26.3. The number of esters is 1. The van der Waals surface area contributed by atoms with Crippen molar-refractivity contribution < 1.29 is 22.7 Å². The standard InChI is InChI=1S/C26H26IN3O5S/c1-16-6-8-19(9-7-16)36(32,33)30-15-21(27)20-10-17(14-29-25(20)30)18-11-23(34-5)22(28-13-18)12-24(31)35-26(2,3)4/h6-11,13-15H,12H2,1-5H3. The van der Waals surface area contributed by atoms with Crippen LogP contribution >= 0.6 is 22.6 Å². The van der Waals surface area contributed by atoms with Gasteiger partial charge in [-0.05, 0) is 74.6 Å². The fourth-order valence-corrected chi connectivity index (χ4v) is 5.85. The summed E-state index contributed by atoms with van der Waals surface area (Å²) in [5.41, 5.74) is 2.65. The number of benzene rings is 1. The quantitative estimate of drug-likeness (QED) is 0.218. The number of rotatable bonds is 6. The lowest BCUT2D eigenvalue weighted by Gasteiger charge is -2.19. The van der Waals surface area contributed by atoms with Crippen molar-refractivity contribution in [2.75, 3.05) is 7.11 Å². The minimum Gasteiger partial charge on any atom is -0.495 e. The molecule has 0 spiro atoms. The van der Waals surface area contributed by atoms with Gasteiger partial charge >= 0.3 is 5.97 Å². The van der Waals surface area contributed by atoms with Crippen LogP contribution < -0.4 is 4.74 Å². The maximum atomic E-state index is 13.3. The maximum absolute atomic E-state index is 13.3. The van der Waals surface area contributed by atoms with E-state index in [-0.39, 0.29) is 11.3 Å². The molecule has 0 atom stereocenters. The molecule has 8 nitrogen and oxygen atoms in total. The van der Waals surface area contributed by atoms with E-state index in [0.717, 1.165) is 20.3 Å². The summed E-state index contributed by atoms with van der Waals surface area (Å²) in [7, 11) is -2.29. The van der Waals surface area contributed by atoms with Gasteiger partial charge in [0.15, 0.2) is 5.65 Å². The molecular weight excluding hydrogens is 593 g/mol. The Morgan fingerprint density at radius 3 is 2.33 bits per heavy atom. The molecule has 0 saturated carbocycles. The number of methoxy groups -OCH3 is 1. The van der Waals surface area contributed by atoms with E-state index in [1.807, 2.05) is 33.8 Å². The maximum Gasteiger partial charge on any atom is 0.312 e. The number of pyridine rings is 2. The third-order valence-corrected chi connectivity index (χ3v) is 7.88. The zero-order valence-corrected chi connectivity index (χ0v) is 23.5. The highest BCUT2D eigenvalue weighted by atomic mass is 127. The molecule has 3 heterocycles. The molecule has 0 amide bonds. The van der Waals surface area contributed by atoms with E-state index in [1.54, 1.807) is 48.9 Å². The number of halogens is 1. The summed E-state index contributed by atoms with van der Waals surface area (Å²) in [5.74, 6) is 0.0579. The summed E-state index contributed by atoms with van der Waals surface area (Å²) in [6, 6.07) is 10.4. The Morgan fingerprint density at radius 1 is 1.06 bits per heavy atom.